The van der Waals surface area contributed by atoms with E-state index < -0.39 is 0 Å². The van der Waals surface area contributed by atoms with E-state index >= 15 is 0 Å². The summed E-state index contributed by atoms with van der Waals surface area (Å²) in [7, 11) is 0. The lowest BCUT2D eigenvalue weighted by molar-refractivity contribution is 0.668. The smallest absolute Gasteiger partial charge is 0.137 e. The average molecular weight is 1300 g/mol. The molecule has 20 rings (SSSR count). The van der Waals surface area contributed by atoms with E-state index in [1.165, 1.54) is 82.4 Å². The second-order valence-electron chi connectivity index (χ2n) is 23.8. The molecule has 0 amide bonds. The highest BCUT2D eigenvalue weighted by atomic mass is 32.1. The minimum atomic E-state index is 0.885. The molecule has 0 spiro atoms. The zero-order valence-electron chi connectivity index (χ0n) is 52.4. The van der Waals surface area contributed by atoms with Crippen LogP contribution in [-0.2, 0) is 0 Å². The van der Waals surface area contributed by atoms with Gasteiger partial charge >= 0.3 is 0 Å². The summed E-state index contributed by atoms with van der Waals surface area (Å²) in [5, 5.41) is 29.1. The molecule has 0 saturated heterocycles. The lowest BCUT2D eigenvalue weighted by Crippen LogP contribution is -1.90. The van der Waals surface area contributed by atoms with Crippen molar-refractivity contribution in [1.29, 1.82) is 0 Å². The molecule has 0 fully saturated rings. The quantitative estimate of drug-likeness (QED) is 0.115. The van der Waals surface area contributed by atoms with E-state index in [4.69, 9.17) is 8.83 Å². The number of thiophene rings is 3. The van der Waals surface area contributed by atoms with E-state index in [-0.39, 0.29) is 0 Å². The van der Waals surface area contributed by atoms with E-state index in [9.17, 15) is 0 Å². The molecule has 6 nitrogen and oxygen atoms in total. The van der Waals surface area contributed by atoms with Gasteiger partial charge in [0.05, 0.1) is 0 Å². The second-order valence-corrected chi connectivity index (χ2v) is 27.1. The normalized spacial score (nSPS) is 11.3. The minimum absolute atomic E-state index is 0.885. The van der Waals surface area contributed by atoms with Crippen LogP contribution in [0.5, 0.6) is 0 Å². The number of hydrogen-bond donors (Lipinski definition) is 4. The number of para-hydroxylation sites is 3. The second kappa shape index (κ2) is 26.1. The number of rotatable bonds is 9. The highest BCUT2D eigenvalue weighted by molar-refractivity contribution is 7.26. The number of hydrogen-bond acceptors (Lipinski definition) is 9. The van der Waals surface area contributed by atoms with Crippen molar-refractivity contribution >= 4 is 195 Å². The van der Waals surface area contributed by atoms with Crippen LogP contribution in [-0.4, -0.2) is 0 Å². The number of anilines is 8. The topological polar surface area (TPSA) is 74.4 Å². The van der Waals surface area contributed by atoms with Crippen LogP contribution >= 0.6 is 34.0 Å². The lowest BCUT2D eigenvalue weighted by atomic mass is 10.1. The first kappa shape index (κ1) is 58.8. The third-order valence-electron chi connectivity index (χ3n) is 17.6. The molecule has 5 aromatic heterocycles. The van der Waals surface area contributed by atoms with Crippen molar-refractivity contribution in [2.75, 3.05) is 21.3 Å². The Bertz CT molecular complexity index is 6220. The number of fused-ring (bicyclic) bond motifs is 16. The SMILES string of the molecule is c1ccc(-c2ccc(Nc3cccc4sc5ccccc5c34)cc2)cc1.c1ccc(Nc2ccc3sc4ccccc4c3c2)cc1.c1ccc2c(Nc3ccc4c(c3)sc3ccccc34)cccc2c1.c1ccc2c(c1)oc1cc(Nc3ccc4oc5ccccc5c4c3)ccc12. The first-order valence-corrected chi connectivity index (χ1v) is 34.8. The fourth-order valence-electron chi connectivity index (χ4n) is 13.0. The first-order valence-electron chi connectivity index (χ1n) is 32.3. The Morgan fingerprint density at radius 2 is 0.608 bits per heavy atom. The van der Waals surface area contributed by atoms with E-state index in [0.29, 0.717) is 0 Å². The summed E-state index contributed by atoms with van der Waals surface area (Å²) < 4.78 is 19.9. The van der Waals surface area contributed by atoms with Crippen molar-refractivity contribution in [3.8, 4) is 11.1 Å². The molecule has 0 radical (unpaired) electrons. The Morgan fingerprint density at radius 3 is 1.36 bits per heavy atom. The molecule has 0 bridgehead atoms. The molecule has 0 aliphatic heterocycles. The molecule has 0 aliphatic rings. The Morgan fingerprint density at radius 1 is 0.196 bits per heavy atom. The van der Waals surface area contributed by atoms with Crippen molar-refractivity contribution in [3.63, 3.8) is 0 Å². The van der Waals surface area contributed by atoms with Crippen molar-refractivity contribution in [1.82, 2.24) is 0 Å². The molecular formula is C88H60N4O2S3. The summed E-state index contributed by atoms with van der Waals surface area (Å²) >= 11 is 5.55. The summed E-state index contributed by atoms with van der Waals surface area (Å²) in [6.07, 6.45) is 0. The van der Waals surface area contributed by atoms with Crippen LogP contribution in [0, 0.1) is 0 Å². The van der Waals surface area contributed by atoms with Crippen LogP contribution in [0.25, 0.3) is 126 Å². The number of nitrogens with one attached hydrogen (secondary N) is 4. The Balaban J connectivity index is 0.0000000981. The maximum Gasteiger partial charge on any atom is 0.137 e. The van der Waals surface area contributed by atoms with Crippen LogP contribution in [0.2, 0.25) is 0 Å². The average Bonchev–Trinajstić information content (AvgIpc) is 1.71. The third-order valence-corrected chi connectivity index (χ3v) is 21.0. The van der Waals surface area contributed by atoms with Gasteiger partial charge in [-0.15, -0.1) is 34.0 Å². The van der Waals surface area contributed by atoms with Gasteiger partial charge in [-0.25, -0.2) is 0 Å². The molecular weight excluding hydrogens is 1240 g/mol. The monoisotopic (exact) mass is 1300 g/mol. The van der Waals surface area contributed by atoms with Crippen molar-refractivity contribution in [2.24, 2.45) is 0 Å². The van der Waals surface area contributed by atoms with E-state index in [1.54, 1.807) is 0 Å². The molecule has 5 heterocycles. The van der Waals surface area contributed by atoms with Crippen LogP contribution in [0.15, 0.2) is 349 Å². The van der Waals surface area contributed by atoms with Gasteiger partial charge in [-0.1, -0.05) is 200 Å². The predicted octanol–water partition coefficient (Wildman–Crippen LogP) is 27.4. The molecule has 15 aromatic carbocycles. The molecule has 4 N–H and O–H groups in total. The van der Waals surface area contributed by atoms with Gasteiger partial charge in [-0.3, -0.25) is 0 Å². The van der Waals surface area contributed by atoms with Crippen LogP contribution in [0.4, 0.5) is 45.5 Å². The van der Waals surface area contributed by atoms with E-state index in [2.05, 4.69) is 282 Å². The zero-order chi connectivity index (χ0) is 64.4. The molecule has 462 valence electrons. The Labute approximate surface area is 571 Å². The maximum atomic E-state index is 5.99. The fraction of sp³-hybridized carbons (Fsp3) is 0. The Hall–Kier alpha value is -12.0. The van der Waals surface area contributed by atoms with E-state index in [0.717, 1.165) is 89.4 Å². The fourth-order valence-corrected chi connectivity index (χ4v) is 16.3. The first-order chi connectivity index (χ1) is 48.0. The van der Waals surface area contributed by atoms with Gasteiger partial charge in [0, 0.05) is 139 Å². The maximum absolute atomic E-state index is 5.99. The standard InChI is InChI=1S/C24H15NO2.C24H17NS.C22H15NS.C18H13NS/c1-3-7-21-17(5-1)19-11-9-16(14-24(19)27-21)25-15-10-12-23-20(13-15)18-6-2-4-8-22(18)26-23;1-2-7-17(8-3-1)18-13-15-19(16-14-18)25-21-10-6-12-23-24(21)20-9-4-5-11-22(20)26-23;1-2-8-17-15(6-1)7-5-10-20(17)23-16-12-13-19-18-9-3-4-11-21(18)24-22(19)14-16;1-2-6-13(7-3-1)19-14-10-11-18-16(12-14)15-8-4-5-9-17(15)20-18/h1-14,25H;1-16,25H;1-14,23H;1-12,19H. The van der Waals surface area contributed by atoms with Gasteiger partial charge in [-0.2, -0.15) is 0 Å². The molecule has 9 heteroatoms. The van der Waals surface area contributed by atoms with E-state index in [1.807, 2.05) is 113 Å². The molecule has 97 heavy (non-hydrogen) atoms. The van der Waals surface area contributed by atoms with Gasteiger partial charge in [0.2, 0.25) is 0 Å². The third kappa shape index (κ3) is 12.1. The summed E-state index contributed by atoms with van der Waals surface area (Å²) in [5.74, 6) is 0. The molecule has 0 unspecified atom stereocenters. The lowest BCUT2D eigenvalue weighted by Gasteiger charge is -2.10. The van der Waals surface area contributed by atoms with Crippen LogP contribution in [0.3, 0.4) is 0 Å². The van der Waals surface area contributed by atoms with Crippen molar-refractivity contribution in [3.05, 3.63) is 340 Å². The number of benzene rings is 15. The largest absolute Gasteiger partial charge is 0.456 e. The summed E-state index contributed by atoms with van der Waals surface area (Å²) in [6.45, 7) is 0. The van der Waals surface area contributed by atoms with Crippen LogP contribution in [0.1, 0.15) is 0 Å². The predicted molar refractivity (Wildman–Crippen MR) is 421 cm³/mol. The van der Waals surface area contributed by atoms with Gasteiger partial charge < -0.3 is 30.1 Å². The number of furan rings is 2. The highest BCUT2D eigenvalue weighted by Gasteiger charge is 2.14. The van der Waals surface area contributed by atoms with Gasteiger partial charge in [0.15, 0.2) is 0 Å². The van der Waals surface area contributed by atoms with Crippen molar-refractivity contribution < 1.29 is 8.83 Å². The summed E-state index contributed by atoms with van der Waals surface area (Å²) in [6, 6.07) is 118. The van der Waals surface area contributed by atoms with Gasteiger partial charge in [0.25, 0.3) is 0 Å². The molecule has 0 saturated carbocycles. The summed E-state index contributed by atoms with van der Waals surface area (Å²) in [4.78, 5) is 0. The summed E-state index contributed by atoms with van der Waals surface area (Å²) in [5.41, 5.74) is 14.9. The van der Waals surface area contributed by atoms with Crippen molar-refractivity contribution in [2.45, 2.75) is 0 Å². The Kier molecular flexibility index (Phi) is 15.8. The minimum Gasteiger partial charge on any atom is -0.456 e. The molecule has 20 aromatic rings. The molecule has 0 atom stereocenters. The molecule has 0 aliphatic carbocycles. The van der Waals surface area contributed by atoms with Gasteiger partial charge in [0.1, 0.15) is 22.3 Å². The van der Waals surface area contributed by atoms with Gasteiger partial charge in [-0.05, 0) is 150 Å². The zero-order valence-corrected chi connectivity index (χ0v) is 54.8. The highest BCUT2D eigenvalue weighted by Crippen LogP contribution is 2.42. The van der Waals surface area contributed by atoms with Crippen LogP contribution < -0.4 is 21.3 Å².